The first kappa shape index (κ1) is 28.8. The number of nitrogens with zero attached hydrogens (tertiary/aromatic N) is 2. The van der Waals surface area contributed by atoms with Gasteiger partial charge >= 0.3 is 0 Å². The monoisotopic (exact) mass is 602 g/mol. The van der Waals surface area contributed by atoms with Crippen LogP contribution in [0, 0.1) is 30.6 Å². The summed E-state index contributed by atoms with van der Waals surface area (Å²) in [6.45, 7) is 1.99. The van der Waals surface area contributed by atoms with Crippen molar-refractivity contribution in [1.82, 2.24) is 9.88 Å². The molecule has 12 heteroatoms. The lowest BCUT2D eigenvalue weighted by Gasteiger charge is -2.52. The lowest BCUT2D eigenvalue weighted by atomic mass is 9.52. The molecule has 5 N–H and O–H groups in total. The molecule has 0 bridgehead atoms. The van der Waals surface area contributed by atoms with Crippen LogP contribution < -0.4 is 11.1 Å². The van der Waals surface area contributed by atoms with Crippen molar-refractivity contribution in [2.24, 2.45) is 29.4 Å². The Labute approximate surface area is 250 Å². The number of nitrogens with one attached hydrogen (secondary N) is 1. The van der Waals surface area contributed by atoms with Gasteiger partial charge in [-0.1, -0.05) is 35.9 Å². The van der Waals surface area contributed by atoms with E-state index in [0.717, 1.165) is 16.8 Å². The third-order valence-corrected chi connectivity index (χ3v) is 9.78. The molecule has 0 radical (unpaired) electrons. The van der Waals surface area contributed by atoms with E-state index in [4.69, 9.17) is 5.73 Å². The van der Waals surface area contributed by atoms with Crippen LogP contribution in [0.4, 0.5) is 10.8 Å². The topological polar surface area (TPSA) is 180 Å². The summed E-state index contributed by atoms with van der Waals surface area (Å²) in [6, 6.07) is 10.1. The zero-order valence-corrected chi connectivity index (χ0v) is 24.5. The molecule has 222 valence electrons. The number of phenolic OH excluding ortho intramolecular Hbond substituents is 1. The average Bonchev–Trinajstić information content (AvgIpc) is 3.41. The second-order valence-electron chi connectivity index (χ2n) is 11.8. The van der Waals surface area contributed by atoms with Gasteiger partial charge in [-0.05, 0) is 51.4 Å². The van der Waals surface area contributed by atoms with E-state index in [1.54, 1.807) is 26.2 Å². The van der Waals surface area contributed by atoms with Gasteiger partial charge in [-0.3, -0.25) is 28.9 Å². The van der Waals surface area contributed by atoms with Crippen molar-refractivity contribution in [3.05, 3.63) is 58.5 Å². The molecule has 1 amide bonds. The van der Waals surface area contributed by atoms with Crippen molar-refractivity contribution in [3.8, 4) is 17.0 Å². The van der Waals surface area contributed by atoms with Crippen molar-refractivity contribution in [3.63, 3.8) is 0 Å². The highest BCUT2D eigenvalue weighted by atomic mass is 32.1. The molecule has 6 rings (SSSR count). The largest absolute Gasteiger partial charge is 0.505 e. The molecule has 0 spiro atoms. The second kappa shape index (κ2) is 10.2. The number of nitrogens with two attached hydrogens (primary N) is 1. The molecule has 1 aromatic heterocycles. The number of carbonyl (C=O) groups excluding carboxylic acids is 5. The highest BCUT2D eigenvalue weighted by molar-refractivity contribution is 7.14. The number of thiazole rings is 1. The van der Waals surface area contributed by atoms with E-state index in [0.29, 0.717) is 10.7 Å². The summed E-state index contributed by atoms with van der Waals surface area (Å²) in [4.78, 5) is 72.6. The second-order valence-corrected chi connectivity index (χ2v) is 12.7. The number of aromatic nitrogens is 1. The Kier molecular flexibility index (Phi) is 6.83. The number of primary amides is 1. The third kappa shape index (κ3) is 4.31. The number of hydrogen-bond donors (Lipinski definition) is 4. The standard InChI is InChI=1S/C31H30N4O7S/c1-13-4-6-14(7-5-13)19-12-43-30(34-19)33-18-9-8-15-10-16-11-17-23(35(2)3)26(38)22(29(32)41)28(40)31(17,42)27(39)21(16)25(37)20(15)24(18)36/h4-9,12,16-17,21-23,36,42H,10-11H2,1-3H3,(H2,32,41)(H,33,34)/t16-,17-,21?,22?,23-,31-/m0/s1. The third-order valence-electron chi connectivity index (χ3n) is 9.03. The van der Waals surface area contributed by atoms with E-state index in [1.807, 2.05) is 36.6 Å². The molecule has 2 unspecified atom stereocenters. The van der Waals surface area contributed by atoms with Gasteiger partial charge in [0, 0.05) is 16.9 Å². The maximum atomic E-state index is 14.0. The molecule has 2 saturated carbocycles. The number of aryl methyl sites for hydroxylation is 1. The molecule has 2 aromatic carbocycles. The Morgan fingerprint density at radius 3 is 2.44 bits per heavy atom. The van der Waals surface area contributed by atoms with Crippen LogP contribution in [-0.4, -0.2) is 74.9 Å². The predicted molar refractivity (Wildman–Crippen MR) is 157 cm³/mol. The smallest absolute Gasteiger partial charge is 0.235 e. The van der Waals surface area contributed by atoms with Crippen LogP contribution in [0.25, 0.3) is 11.3 Å². The van der Waals surface area contributed by atoms with Gasteiger partial charge in [0.15, 0.2) is 39.8 Å². The van der Waals surface area contributed by atoms with E-state index < -0.39 is 64.4 Å². The molecule has 3 aliphatic rings. The number of fused-ring (bicyclic) bond motifs is 3. The molecule has 3 aliphatic carbocycles. The van der Waals surface area contributed by atoms with Crippen molar-refractivity contribution >= 4 is 51.2 Å². The number of aromatic hydroxyl groups is 1. The quantitative estimate of drug-likeness (QED) is 0.249. The first-order valence-electron chi connectivity index (χ1n) is 13.8. The van der Waals surface area contributed by atoms with E-state index >= 15 is 0 Å². The fourth-order valence-corrected chi connectivity index (χ4v) is 7.72. The van der Waals surface area contributed by atoms with Crippen LogP contribution in [0.3, 0.4) is 0 Å². The fourth-order valence-electron chi connectivity index (χ4n) is 6.98. The van der Waals surface area contributed by atoms with Crippen LogP contribution in [0.2, 0.25) is 0 Å². The number of carbonyl (C=O) groups is 5. The number of amides is 1. The van der Waals surface area contributed by atoms with E-state index in [2.05, 4.69) is 10.3 Å². The Bertz CT molecular complexity index is 1720. The minimum Gasteiger partial charge on any atom is -0.505 e. The minimum atomic E-state index is -2.75. The maximum absolute atomic E-state index is 14.0. The SMILES string of the molecule is Cc1ccc(-c2csc(Nc3ccc4c(c3O)C(=O)C3C(=O)[C@]5(O)C(=O)C(C(N)=O)C(=O)[C@@H](N(C)C)[C@@H]5C[C@@H]3C4)n2)cc1. The van der Waals surface area contributed by atoms with Gasteiger partial charge in [-0.2, -0.15) is 0 Å². The molecule has 6 atom stereocenters. The van der Waals surface area contributed by atoms with Crippen LogP contribution in [0.5, 0.6) is 5.75 Å². The lowest BCUT2D eigenvalue weighted by molar-refractivity contribution is -0.181. The van der Waals surface area contributed by atoms with Gasteiger partial charge in [0.05, 0.1) is 28.9 Å². The van der Waals surface area contributed by atoms with E-state index in [-0.39, 0.29) is 29.8 Å². The van der Waals surface area contributed by atoms with E-state index in [9.17, 15) is 34.2 Å². The number of Topliss-reactive ketones (excluding diaryl/α,β-unsaturated/α-hetero) is 4. The number of rotatable bonds is 5. The Balaban J connectivity index is 1.34. The van der Waals surface area contributed by atoms with E-state index in [1.165, 1.54) is 16.2 Å². The number of anilines is 2. The van der Waals surface area contributed by atoms with Crippen LogP contribution in [0.15, 0.2) is 41.8 Å². The molecule has 1 heterocycles. The summed E-state index contributed by atoms with van der Waals surface area (Å²) in [6.07, 6.45) is 0.208. The van der Waals surface area contributed by atoms with Crippen molar-refractivity contribution < 1.29 is 34.2 Å². The predicted octanol–water partition coefficient (Wildman–Crippen LogP) is 2.04. The maximum Gasteiger partial charge on any atom is 0.235 e. The Morgan fingerprint density at radius 1 is 1.09 bits per heavy atom. The number of phenols is 1. The van der Waals surface area contributed by atoms with Gasteiger partial charge in [0.2, 0.25) is 5.91 Å². The lowest BCUT2D eigenvalue weighted by Crippen LogP contribution is -2.74. The van der Waals surface area contributed by atoms with Gasteiger partial charge in [0.25, 0.3) is 0 Å². The van der Waals surface area contributed by atoms with Gasteiger partial charge in [0.1, 0.15) is 5.75 Å². The van der Waals surface area contributed by atoms with Gasteiger partial charge < -0.3 is 21.3 Å². The Hall–Kier alpha value is -4.26. The zero-order valence-electron chi connectivity index (χ0n) is 23.7. The molecule has 3 aromatic rings. The summed E-state index contributed by atoms with van der Waals surface area (Å²) < 4.78 is 0. The summed E-state index contributed by atoms with van der Waals surface area (Å²) in [5.74, 6) is -10.7. The first-order chi connectivity index (χ1) is 20.3. The molecule has 0 saturated heterocycles. The first-order valence-corrected chi connectivity index (χ1v) is 14.7. The molecular weight excluding hydrogens is 572 g/mol. The Morgan fingerprint density at radius 2 is 1.79 bits per heavy atom. The summed E-state index contributed by atoms with van der Waals surface area (Å²) in [5.41, 5.74) is 6.03. The number of likely N-dealkylation sites (N-methyl/N-ethyl adjacent to an activating group) is 1. The number of ketones is 4. The van der Waals surface area contributed by atoms with Crippen LogP contribution >= 0.6 is 11.3 Å². The van der Waals surface area contributed by atoms with Gasteiger partial charge in [-0.25, -0.2) is 4.98 Å². The van der Waals surface area contributed by atoms with Crippen molar-refractivity contribution in [1.29, 1.82) is 0 Å². The molecule has 43 heavy (non-hydrogen) atoms. The van der Waals surface area contributed by atoms with Crippen LogP contribution in [-0.2, 0) is 25.6 Å². The minimum absolute atomic E-state index is 0.00552. The summed E-state index contributed by atoms with van der Waals surface area (Å²) in [5, 5.41) is 28.3. The highest BCUT2D eigenvalue weighted by Gasteiger charge is 2.69. The fraction of sp³-hybridized carbons (Fsp3) is 0.355. The van der Waals surface area contributed by atoms with Crippen molar-refractivity contribution in [2.45, 2.75) is 31.4 Å². The molecule has 0 aliphatic heterocycles. The average molecular weight is 603 g/mol. The number of aliphatic hydroxyl groups is 1. The number of hydrogen-bond acceptors (Lipinski definition) is 11. The zero-order chi connectivity index (χ0) is 31.0. The summed E-state index contributed by atoms with van der Waals surface area (Å²) in [7, 11) is 3.10. The molecular formula is C31H30N4O7S. The van der Waals surface area contributed by atoms with Crippen LogP contribution in [0.1, 0.15) is 27.9 Å². The molecule has 11 nitrogen and oxygen atoms in total. The number of benzene rings is 2. The van der Waals surface area contributed by atoms with Crippen molar-refractivity contribution in [2.75, 3.05) is 19.4 Å². The normalized spacial score (nSPS) is 28.3. The highest BCUT2D eigenvalue weighted by Crippen LogP contribution is 2.51. The molecule has 2 fully saturated rings. The summed E-state index contributed by atoms with van der Waals surface area (Å²) >= 11 is 1.31. The van der Waals surface area contributed by atoms with Gasteiger partial charge in [-0.15, -0.1) is 11.3 Å².